The lowest BCUT2D eigenvalue weighted by Gasteiger charge is -2.43. The zero-order valence-electron chi connectivity index (χ0n) is 24.9. The van der Waals surface area contributed by atoms with Crippen LogP contribution in [0.15, 0.2) is 79.1 Å². The van der Waals surface area contributed by atoms with Crippen molar-refractivity contribution in [3.8, 4) is 0 Å². The third kappa shape index (κ3) is 8.03. The molecule has 1 aromatic heterocycles. The molecule has 0 atom stereocenters. The summed E-state index contributed by atoms with van der Waals surface area (Å²) in [5.74, 6) is -0.129. The van der Waals surface area contributed by atoms with Gasteiger partial charge in [0.25, 0.3) is 0 Å². The Kier molecular flexibility index (Phi) is 9.82. The zero-order valence-corrected chi connectivity index (χ0v) is 24.9. The number of amides is 1. The maximum absolute atomic E-state index is 13.7. The molecule has 0 saturated carbocycles. The van der Waals surface area contributed by atoms with Gasteiger partial charge in [-0.1, -0.05) is 24.3 Å². The minimum atomic E-state index is -4.39. The van der Waals surface area contributed by atoms with Crippen LogP contribution in [-0.4, -0.2) is 77.9 Å². The number of carbonyl (C=O) groups excluding carboxylic acids is 1. The van der Waals surface area contributed by atoms with E-state index in [0.29, 0.717) is 18.2 Å². The molecule has 2 aromatic carbocycles. The Hall–Kier alpha value is -3.69. The predicted molar refractivity (Wildman–Crippen MR) is 165 cm³/mol. The molecule has 2 fully saturated rings. The minimum absolute atomic E-state index is 0.0893. The normalized spacial score (nSPS) is 17.8. The summed E-state index contributed by atoms with van der Waals surface area (Å²) >= 11 is 0. The second-order valence-corrected chi connectivity index (χ2v) is 11.7. The first-order valence-electron chi connectivity index (χ1n) is 15.0. The molecule has 1 amide bonds. The van der Waals surface area contributed by atoms with E-state index in [4.69, 9.17) is 0 Å². The average molecular weight is 592 g/mol. The van der Waals surface area contributed by atoms with Gasteiger partial charge in [0.1, 0.15) is 0 Å². The van der Waals surface area contributed by atoms with Crippen LogP contribution >= 0.6 is 0 Å². The van der Waals surface area contributed by atoms with E-state index in [1.54, 1.807) is 18.5 Å². The maximum Gasteiger partial charge on any atom is 0.416 e. The molecule has 228 valence electrons. The Morgan fingerprint density at radius 2 is 1.49 bits per heavy atom. The van der Waals surface area contributed by atoms with Crippen LogP contribution < -0.4 is 4.90 Å². The van der Waals surface area contributed by atoms with Gasteiger partial charge in [0, 0.05) is 68.6 Å². The van der Waals surface area contributed by atoms with Crippen molar-refractivity contribution in [2.75, 3.05) is 45.2 Å². The monoisotopic (exact) mass is 591 g/mol. The van der Waals surface area contributed by atoms with Crippen molar-refractivity contribution >= 4 is 23.4 Å². The zero-order chi connectivity index (χ0) is 30.4. The Balaban J connectivity index is 1.29. The first-order chi connectivity index (χ1) is 20.7. The molecule has 2 aliphatic heterocycles. The Morgan fingerprint density at radius 1 is 0.884 bits per heavy atom. The summed E-state index contributed by atoms with van der Waals surface area (Å²) in [5, 5.41) is 0. The van der Waals surface area contributed by atoms with E-state index in [1.807, 2.05) is 24.1 Å². The van der Waals surface area contributed by atoms with Crippen molar-refractivity contribution in [1.82, 2.24) is 19.7 Å². The maximum atomic E-state index is 13.7. The third-order valence-electron chi connectivity index (χ3n) is 8.81. The fourth-order valence-corrected chi connectivity index (χ4v) is 6.09. The molecule has 3 aromatic rings. The van der Waals surface area contributed by atoms with Crippen molar-refractivity contribution in [2.24, 2.45) is 0 Å². The van der Waals surface area contributed by atoms with Crippen LogP contribution in [0.1, 0.15) is 42.4 Å². The number of alkyl halides is 3. The van der Waals surface area contributed by atoms with Crippen molar-refractivity contribution in [3.63, 3.8) is 0 Å². The lowest BCUT2D eigenvalue weighted by atomic mass is 9.96. The second-order valence-electron chi connectivity index (χ2n) is 11.7. The lowest BCUT2D eigenvalue weighted by molar-refractivity contribution is -0.137. The summed E-state index contributed by atoms with van der Waals surface area (Å²) in [6.07, 6.45) is 6.40. The van der Waals surface area contributed by atoms with E-state index in [2.05, 4.69) is 51.0 Å². The summed E-state index contributed by atoms with van der Waals surface area (Å²) in [5.41, 5.74) is 2.94. The number of anilines is 2. The number of likely N-dealkylation sites (tertiary alicyclic amines) is 2. The fraction of sp³-hybridized carbons (Fsp3) is 0.412. The molecule has 2 aliphatic rings. The topological polar surface area (TPSA) is 42.9 Å². The Morgan fingerprint density at radius 3 is 2.09 bits per heavy atom. The van der Waals surface area contributed by atoms with Gasteiger partial charge in [0.15, 0.2) is 0 Å². The van der Waals surface area contributed by atoms with E-state index in [0.717, 1.165) is 68.1 Å². The molecule has 2 saturated heterocycles. The molecule has 6 nitrogen and oxygen atoms in total. The van der Waals surface area contributed by atoms with E-state index in [-0.39, 0.29) is 11.9 Å². The van der Waals surface area contributed by atoms with Crippen LogP contribution in [0.25, 0.3) is 6.08 Å². The van der Waals surface area contributed by atoms with Crippen molar-refractivity contribution in [1.29, 1.82) is 0 Å². The number of hydrogen-bond acceptors (Lipinski definition) is 5. The summed E-state index contributed by atoms with van der Waals surface area (Å²) in [6, 6.07) is 17.7. The Bertz CT molecular complexity index is 1350. The molecular formula is C34H40F3N5O. The van der Waals surface area contributed by atoms with Gasteiger partial charge in [-0.3, -0.25) is 9.78 Å². The van der Waals surface area contributed by atoms with E-state index < -0.39 is 11.7 Å². The van der Waals surface area contributed by atoms with Crippen LogP contribution in [0.5, 0.6) is 0 Å². The molecule has 43 heavy (non-hydrogen) atoms. The number of rotatable bonds is 8. The van der Waals surface area contributed by atoms with Crippen LogP contribution in [0, 0.1) is 0 Å². The lowest BCUT2D eigenvalue weighted by Crippen LogP contribution is -2.51. The first kappa shape index (κ1) is 30.8. The molecular weight excluding hydrogens is 551 g/mol. The molecule has 0 spiro atoms. The number of benzene rings is 2. The predicted octanol–water partition coefficient (Wildman–Crippen LogP) is 6.47. The van der Waals surface area contributed by atoms with Gasteiger partial charge in [-0.25, -0.2) is 0 Å². The van der Waals surface area contributed by atoms with Gasteiger partial charge in [0.05, 0.1) is 5.56 Å². The number of hydrogen-bond donors (Lipinski definition) is 0. The summed E-state index contributed by atoms with van der Waals surface area (Å²) in [6.45, 7) is 4.63. The van der Waals surface area contributed by atoms with E-state index in [1.165, 1.54) is 31.1 Å². The molecule has 5 rings (SSSR count). The molecule has 0 bridgehead atoms. The SMILES string of the molecule is CN1CCC(N2CCC(N(Cc3ccc(N(C)c4ccncc4)cc3)C(=O)/C=C/c3ccc(C(F)(F)F)cc3)CC2)CC1. The van der Waals surface area contributed by atoms with E-state index >= 15 is 0 Å². The highest BCUT2D eigenvalue weighted by molar-refractivity contribution is 5.92. The largest absolute Gasteiger partial charge is 0.416 e. The number of piperidine rings is 2. The molecule has 3 heterocycles. The summed E-state index contributed by atoms with van der Waals surface area (Å²) in [4.78, 5) is 26.7. The number of nitrogens with zero attached hydrogens (tertiary/aromatic N) is 5. The highest BCUT2D eigenvalue weighted by Gasteiger charge is 2.32. The number of carbonyl (C=O) groups is 1. The number of halogens is 3. The third-order valence-corrected chi connectivity index (χ3v) is 8.81. The number of pyridine rings is 1. The standard InChI is InChI=1S/C34H40F3N5O/c1-39-21-15-31(16-22-39)41-23-17-32(18-24-41)42(33(43)12-7-26-3-8-28(9-4-26)34(35,36)37)25-27-5-10-29(11-6-27)40(2)30-13-19-38-20-14-30/h3-14,19-20,31-32H,15-18,21-25H2,1-2H3/b12-7+. The highest BCUT2D eigenvalue weighted by Crippen LogP contribution is 2.30. The van der Waals surface area contributed by atoms with Gasteiger partial charge in [-0.2, -0.15) is 13.2 Å². The van der Waals surface area contributed by atoms with Crippen LogP contribution in [0.4, 0.5) is 24.5 Å². The number of aromatic nitrogens is 1. The molecule has 0 radical (unpaired) electrons. The van der Waals surface area contributed by atoms with Gasteiger partial charge < -0.3 is 19.6 Å². The summed E-state index contributed by atoms with van der Waals surface area (Å²) in [7, 11) is 4.18. The smallest absolute Gasteiger partial charge is 0.345 e. The Labute approximate surface area is 252 Å². The van der Waals surface area contributed by atoms with E-state index in [9.17, 15) is 18.0 Å². The summed E-state index contributed by atoms with van der Waals surface area (Å²) < 4.78 is 38.9. The van der Waals surface area contributed by atoms with Crippen molar-refractivity contribution in [3.05, 3.63) is 95.8 Å². The quantitative estimate of drug-likeness (QED) is 0.281. The molecule has 0 aliphatic carbocycles. The van der Waals surface area contributed by atoms with Crippen LogP contribution in [0.3, 0.4) is 0 Å². The van der Waals surface area contributed by atoms with Gasteiger partial charge in [0.2, 0.25) is 5.91 Å². The minimum Gasteiger partial charge on any atom is -0.345 e. The van der Waals surface area contributed by atoms with Crippen molar-refractivity contribution in [2.45, 2.75) is 50.5 Å². The average Bonchev–Trinajstić information content (AvgIpc) is 3.03. The van der Waals surface area contributed by atoms with Gasteiger partial charge in [-0.05, 0) is 99.4 Å². The van der Waals surface area contributed by atoms with Crippen LogP contribution in [-0.2, 0) is 17.5 Å². The fourth-order valence-electron chi connectivity index (χ4n) is 6.09. The molecule has 0 N–H and O–H groups in total. The first-order valence-corrected chi connectivity index (χ1v) is 15.0. The van der Waals surface area contributed by atoms with Crippen LogP contribution in [0.2, 0.25) is 0 Å². The van der Waals surface area contributed by atoms with Crippen molar-refractivity contribution < 1.29 is 18.0 Å². The molecule has 9 heteroatoms. The van der Waals surface area contributed by atoms with Gasteiger partial charge >= 0.3 is 6.18 Å². The van der Waals surface area contributed by atoms with Gasteiger partial charge in [-0.15, -0.1) is 0 Å². The molecule has 0 unspecified atom stereocenters. The highest BCUT2D eigenvalue weighted by atomic mass is 19.4. The second kappa shape index (κ2) is 13.7.